The zero-order valence-corrected chi connectivity index (χ0v) is 16.0. The summed E-state index contributed by atoms with van der Waals surface area (Å²) in [5.74, 6) is -0.185. The summed E-state index contributed by atoms with van der Waals surface area (Å²) in [5.41, 5.74) is 0.913. The number of methoxy groups -OCH3 is 1. The number of anilines is 2. The number of hydrogen-bond acceptors (Lipinski definition) is 4. The quantitative estimate of drug-likeness (QED) is 0.827. The first kappa shape index (κ1) is 19.4. The number of nitrogens with zero attached hydrogens (tertiary/aromatic N) is 1. The normalized spacial score (nSPS) is 11.1. The van der Waals surface area contributed by atoms with E-state index in [4.69, 9.17) is 27.9 Å². The van der Waals surface area contributed by atoms with Crippen LogP contribution in [-0.4, -0.2) is 34.7 Å². The summed E-state index contributed by atoms with van der Waals surface area (Å²) in [7, 11) is -0.645. The van der Waals surface area contributed by atoms with Crippen LogP contribution >= 0.6 is 23.2 Å². The van der Waals surface area contributed by atoms with Crippen molar-refractivity contribution in [2.45, 2.75) is 0 Å². The molecule has 1 N–H and O–H groups in total. The minimum atomic E-state index is -3.46. The number of benzene rings is 2. The van der Waals surface area contributed by atoms with Crippen molar-refractivity contribution in [3.63, 3.8) is 0 Å². The molecular weight excluding hydrogens is 387 g/mol. The van der Waals surface area contributed by atoms with Crippen LogP contribution in [0.4, 0.5) is 11.4 Å². The van der Waals surface area contributed by atoms with Gasteiger partial charge in [-0.1, -0.05) is 23.2 Å². The Morgan fingerprint density at radius 3 is 2.24 bits per heavy atom. The van der Waals surface area contributed by atoms with Gasteiger partial charge in [-0.25, -0.2) is 8.42 Å². The Morgan fingerprint density at radius 1 is 1.12 bits per heavy atom. The molecule has 0 atom stereocenters. The maximum Gasteiger partial charge on any atom is 0.259 e. The predicted molar refractivity (Wildman–Crippen MR) is 101 cm³/mol. The minimum absolute atomic E-state index is 0.173. The Labute approximate surface area is 156 Å². The third kappa shape index (κ3) is 4.78. The van der Waals surface area contributed by atoms with Gasteiger partial charge in [0.05, 0.1) is 24.6 Å². The zero-order chi connectivity index (χ0) is 18.8. The molecule has 0 aliphatic rings. The summed E-state index contributed by atoms with van der Waals surface area (Å²) >= 11 is 11.8. The lowest BCUT2D eigenvalue weighted by molar-refractivity contribution is 0.102. The van der Waals surface area contributed by atoms with Gasteiger partial charge in [-0.15, -0.1) is 0 Å². The number of carbonyl (C=O) groups is 1. The first-order valence-corrected chi connectivity index (χ1v) is 9.61. The average Bonchev–Trinajstić information content (AvgIpc) is 2.51. The van der Waals surface area contributed by atoms with Crippen LogP contribution in [0.5, 0.6) is 5.75 Å². The predicted octanol–water partition coefficient (Wildman–Crippen LogP) is 3.65. The molecule has 0 unspecified atom stereocenters. The van der Waals surface area contributed by atoms with E-state index in [1.165, 1.54) is 26.3 Å². The Hall–Kier alpha value is -1.96. The standard InChI is InChI=1S/C16H16Cl2N2O4S/c1-20(25(3,22)23)13-4-5-15(24-2)14(9-13)16(21)19-12-7-10(17)6-11(18)8-12/h4-9H,1-3H3,(H,19,21). The van der Waals surface area contributed by atoms with Gasteiger partial charge in [0, 0.05) is 22.8 Å². The summed E-state index contributed by atoms with van der Waals surface area (Å²) in [6, 6.07) is 9.14. The van der Waals surface area contributed by atoms with Crippen molar-refractivity contribution in [1.29, 1.82) is 0 Å². The second kappa shape index (κ2) is 7.51. The van der Waals surface area contributed by atoms with E-state index in [1.54, 1.807) is 24.3 Å². The van der Waals surface area contributed by atoms with E-state index in [9.17, 15) is 13.2 Å². The summed E-state index contributed by atoms with van der Waals surface area (Å²) in [4.78, 5) is 12.6. The Kier molecular flexibility index (Phi) is 5.82. The third-order valence-corrected chi connectivity index (χ3v) is 5.05. The summed E-state index contributed by atoms with van der Waals surface area (Å²) in [6.07, 6.45) is 1.07. The van der Waals surface area contributed by atoms with Gasteiger partial charge in [0.2, 0.25) is 10.0 Å². The summed E-state index contributed by atoms with van der Waals surface area (Å²) in [6.45, 7) is 0. The van der Waals surface area contributed by atoms with Crippen LogP contribution in [0.3, 0.4) is 0 Å². The topological polar surface area (TPSA) is 75.7 Å². The molecule has 6 nitrogen and oxygen atoms in total. The van der Waals surface area contributed by atoms with Crippen molar-refractivity contribution in [3.05, 3.63) is 52.0 Å². The van der Waals surface area contributed by atoms with Crippen molar-refractivity contribution in [2.24, 2.45) is 0 Å². The van der Waals surface area contributed by atoms with Crippen LogP contribution in [0, 0.1) is 0 Å². The number of hydrogen-bond donors (Lipinski definition) is 1. The number of sulfonamides is 1. The van der Waals surface area contributed by atoms with Crippen LogP contribution in [-0.2, 0) is 10.0 Å². The lowest BCUT2D eigenvalue weighted by atomic mass is 10.1. The molecule has 9 heteroatoms. The molecule has 0 radical (unpaired) electrons. The number of rotatable bonds is 5. The van der Waals surface area contributed by atoms with Crippen LogP contribution in [0.2, 0.25) is 10.0 Å². The Morgan fingerprint density at radius 2 is 1.72 bits per heavy atom. The largest absolute Gasteiger partial charge is 0.496 e. The molecule has 0 aliphatic heterocycles. The highest BCUT2D eigenvalue weighted by molar-refractivity contribution is 7.92. The van der Waals surface area contributed by atoms with Crippen LogP contribution in [0.15, 0.2) is 36.4 Å². The molecule has 0 aromatic heterocycles. The van der Waals surface area contributed by atoms with Gasteiger partial charge in [-0.2, -0.15) is 0 Å². The highest BCUT2D eigenvalue weighted by atomic mass is 35.5. The molecule has 25 heavy (non-hydrogen) atoms. The molecule has 0 saturated carbocycles. The second-order valence-corrected chi connectivity index (χ2v) is 8.11. The Bertz CT molecular complexity index is 896. The van der Waals surface area contributed by atoms with E-state index >= 15 is 0 Å². The molecule has 0 spiro atoms. The lowest BCUT2D eigenvalue weighted by Crippen LogP contribution is -2.25. The summed E-state index contributed by atoms with van der Waals surface area (Å²) < 4.78 is 29.7. The maximum absolute atomic E-state index is 12.6. The summed E-state index contributed by atoms with van der Waals surface area (Å²) in [5, 5.41) is 3.41. The van der Waals surface area contributed by atoms with E-state index in [0.717, 1.165) is 10.6 Å². The molecule has 1 amide bonds. The smallest absolute Gasteiger partial charge is 0.259 e. The highest BCUT2D eigenvalue weighted by Gasteiger charge is 2.18. The second-order valence-electron chi connectivity index (χ2n) is 5.23. The van der Waals surface area contributed by atoms with Gasteiger partial charge < -0.3 is 10.1 Å². The first-order chi connectivity index (χ1) is 11.6. The molecular formula is C16H16Cl2N2O4S. The van der Waals surface area contributed by atoms with Gasteiger partial charge in [0.15, 0.2) is 0 Å². The molecule has 2 aromatic rings. The van der Waals surface area contributed by atoms with Crippen LogP contribution in [0.1, 0.15) is 10.4 Å². The number of carbonyl (C=O) groups excluding carboxylic acids is 1. The van der Waals surface area contributed by atoms with E-state index in [1.807, 2.05) is 0 Å². The third-order valence-electron chi connectivity index (χ3n) is 3.41. The number of halogens is 2. The number of amides is 1. The van der Waals surface area contributed by atoms with E-state index in [0.29, 0.717) is 27.2 Å². The van der Waals surface area contributed by atoms with Gasteiger partial charge in [0.25, 0.3) is 5.91 Å². The van der Waals surface area contributed by atoms with Crippen molar-refractivity contribution in [2.75, 3.05) is 30.0 Å². The van der Waals surface area contributed by atoms with Crippen molar-refractivity contribution >= 4 is 50.5 Å². The molecule has 2 aromatic carbocycles. The fourth-order valence-electron chi connectivity index (χ4n) is 2.09. The van der Waals surface area contributed by atoms with Gasteiger partial charge in [0.1, 0.15) is 5.75 Å². The number of nitrogens with one attached hydrogen (secondary N) is 1. The highest BCUT2D eigenvalue weighted by Crippen LogP contribution is 2.28. The molecule has 134 valence electrons. The zero-order valence-electron chi connectivity index (χ0n) is 13.7. The van der Waals surface area contributed by atoms with E-state index in [2.05, 4.69) is 5.32 Å². The monoisotopic (exact) mass is 402 g/mol. The van der Waals surface area contributed by atoms with Crippen molar-refractivity contribution in [1.82, 2.24) is 0 Å². The van der Waals surface area contributed by atoms with Crippen molar-refractivity contribution in [3.8, 4) is 5.75 Å². The van der Waals surface area contributed by atoms with E-state index < -0.39 is 15.9 Å². The maximum atomic E-state index is 12.6. The van der Waals surface area contributed by atoms with Gasteiger partial charge in [-0.3, -0.25) is 9.10 Å². The van der Waals surface area contributed by atoms with E-state index in [-0.39, 0.29) is 5.56 Å². The average molecular weight is 403 g/mol. The molecule has 0 bridgehead atoms. The SMILES string of the molecule is COc1ccc(N(C)S(C)(=O)=O)cc1C(=O)Nc1cc(Cl)cc(Cl)c1. The fraction of sp³-hybridized carbons (Fsp3) is 0.188. The molecule has 2 rings (SSSR count). The van der Waals surface area contributed by atoms with Gasteiger partial charge in [-0.05, 0) is 36.4 Å². The molecule has 0 heterocycles. The molecule has 0 saturated heterocycles. The number of ether oxygens (including phenoxy) is 1. The molecule has 0 aliphatic carbocycles. The van der Waals surface area contributed by atoms with Crippen LogP contribution < -0.4 is 14.4 Å². The Balaban J connectivity index is 2.40. The first-order valence-electron chi connectivity index (χ1n) is 7.01. The fourth-order valence-corrected chi connectivity index (χ4v) is 3.11. The van der Waals surface area contributed by atoms with Gasteiger partial charge >= 0.3 is 0 Å². The van der Waals surface area contributed by atoms with Crippen LogP contribution in [0.25, 0.3) is 0 Å². The lowest BCUT2D eigenvalue weighted by Gasteiger charge is -2.18. The van der Waals surface area contributed by atoms with Crippen molar-refractivity contribution < 1.29 is 17.9 Å². The molecule has 0 fully saturated rings. The minimum Gasteiger partial charge on any atom is -0.496 e.